The molecule has 35 heavy (non-hydrogen) atoms. The molecule has 0 saturated carbocycles. The first kappa shape index (κ1) is 23.0. The van der Waals surface area contributed by atoms with Crippen LogP contribution >= 0.6 is 0 Å². The number of fused-ring (bicyclic) bond motifs is 1. The van der Waals surface area contributed by atoms with Crippen molar-refractivity contribution in [2.24, 2.45) is 0 Å². The molecule has 2 N–H and O–H groups in total. The number of ether oxygens (including phenoxy) is 2. The van der Waals surface area contributed by atoms with Crippen LogP contribution in [0.15, 0.2) is 45.6 Å². The minimum absolute atomic E-state index is 0.0844. The largest absolute Gasteiger partial charge is 0.487 e. The molecule has 1 fully saturated rings. The molecular weight excluding hydrogens is 482 g/mol. The molecule has 4 heterocycles. The number of hydrogen-bond acceptors (Lipinski definition) is 10. The molecule has 0 amide bonds. The van der Waals surface area contributed by atoms with Gasteiger partial charge in [-0.05, 0) is 31.2 Å². The predicted molar refractivity (Wildman–Crippen MR) is 120 cm³/mol. The summed E-state index contributed by atoms with van der Waals surface area (Å²) in [7, 11) is -3.71. The fourth-order valence-corrected chi connectivity index (χ4v) is 4.73. The Morgan fingerprint density at radius 3 is 2.91 bits per heavy atom. The zero-order chi connectivity index (χ0) is 24.7. The summed E-state index contributed by atoms with van der Waals surface area (Å²) in [5.74, 6) is 0.699. The number of H-pyrrole nitrogens is 1. The van der Waals surface area contributed by atoms with Gasteiger partial charge in [0.15, 0.2) is 0 Å². The molecule has 0 radical (unpaired) electrons. The number of benzene rings is 1. The summed E-state index contributed by atoms with van der Waals surface area (Å²) in [6.45, 7) is 1.37. The summed E-state index contributed by atoms with van der Waals surface area (Å²) in [6, 6.07) is 4.33. The summed E-state index contributed by atoms with van der Waals surface area (Å²) in [5.41, 5.74) is 0.373. The number of aryl methyl sites for hydroxylation is 1. The molecule has 13 nitrogen and oxygen atoms in total. The van der Waals surface area contributed by atoms with Gasteiger partial charge in [0, 0.05) is 23.7 Å². The number of nitrogens with one attached hydrogen (secondary N) is 1. The average Bonchev–Trinajstić information content (AvgIpc) is 3.46. The van der Waals surface area contributed by atoms with Crippen LogP contribution in [0, 0.1) is 6.92 Å². The van der Waals surface area contributed by atoms with Crippen LogP contribution in [-0.4, -0.2) is 50.8 Å². The quantitative estimate of drug-likeness (QED) is 0.444. The van der Waals surface area contributed by atoms with Gasteiger partial charge in [0.2, 0.25) is 0 Å². The van der Waals surface area contributed by atoms with E-state index in [4.69, 9.17) is 13.7 Å². The Kier molecular flexibility index (Phi) is 5.78. The summed E-state index contributed by atoms with van der Waals surface area (Å²) in [4.78, 5) is 26.1. The third kappa shape index (κ3) is 4.62. The van der Waals surface area contributed by atoms with E-state index in [9.17, 15) is 23.1 Å². The third-order valence-electron chi connectivity index (χ3n) is 5.73. The lowest BCUT2D eigenvalue weighted by atomic mass is 10.1. The van der Waals surface area contributed by atoms with E-state index >= 15 is 0 Å². The summed E-state index contributed by atoms with van der Waals surface area (Å²) in [6.07, 6.45) is 3.50. The molecule has 14 heteroatoms. The molecule has 2 aliphatic rings. The van der Waals surface area contributed by atoms with Crippen molar-refractivity contribution in [1.29, 1.82) is 0 Å². The highest BCUT2D eigenvalue weighted by Crippen LogP contribution is 2.36. The van der Waals surface area contributed by atoms with Crippen LogP contribution in [0.3, 0.4) is 0 Å². The Morgan fingerprint density at radius 1 is 1.29 bits per heavy atom. The molecule has 0 unspecified atom stereocenters. The second-order valence-corrected chi connectivity index (χ2v) is 9.57. The molecule has 5 rings (SSSR count). The van der Waals surface area contributed by atoms with E-state index < -0.39 is 39.7 Å². The summed E-state index contributed by atoms with van der Waals surface area (Å²) < 4.78 is 42.4. The van der Waals surface area contributed by atoms with Crippen LogP contribution in [0.4, 0.5) is 0 Å². The highest BCUT2D eigenvalue weighted by atomic mass is 32.2. The van der Waals surface area contributed by atoms with Crippen molar-refractivity contribution in [3.05, 3.63) is 73.7 Å². The maximum atomic E-state index is 12.2. The number of rotatable bonds is 6. The van der Waals surface area contributed by atoms with E-state index in [2.05, 4.69) is 15.3 Å². The van der Waals surface area contributed by atoms with Crippen molar-refractivity contribution in [2.45, 2.75) is 38.3 Å². The number of aliphatic hydroxyl groups is 1. The maximum absolute atomic E-state index is 12.2. The molecule has 3 aromatic rings. The van der Waals surface area contributed by atoms with Gasteiger partial charge in [0.1, 0.15) is 36.1 Å². The molecule has 0 spiro atoms. The Bertz CT molecular complexity index is 1520. The highest BCUT2D eigenvalue weighted by Gasteiger charge is 2.38. The first-order valence-electron chi connectivity index (χ1n) is 10.6. The molecule has 184 valence electrons. The Morgan fingerprint density at radius 2 is 2.11 bits per heavy atom. The minimum Gasteiger partial charge on any atom is -0.487 e. The summed E-state index contributed by atoms with van der Waals surface area (Å²) >= 11 is 0. The lowest BCUT2D eigenvalue weighted by molar-refractivity contribution is -0.0323. The van der Waals surface area contributed by atoms with Gasteiger partial charge in [-0.3, -0.25) is 14.3 Å². The van der Waals surface area contributed by atoms with E-state index in [1.807, 2.05) is 0 Å². The fourth-order valence-electron chi connectivity index (χ4n) is 3.96. The van der Waals surface area contributed by atoms with Gasteiger partial charge in [-0.2, -0.15) is 8.42 Å². The Hall–Kier alpha value is -3.75. The molecule has 2 aliphatic heterocycles. The van der Waals surface area contributed by atoms with Gasteiger partial charge in [-0.25, -0.2) is 9.48 Å². The van der Waals surface area contributed by atoms with Gasteiger partial charge in [0.05, 0.1) is 24.3 Å². The van der Waals surface area contributed by atoms with Crippen molar-refractivity contribution >= 4 is 16.2 Å². The fraction of sp³-hybridized carbons (Fsp3) is 0.333. The van der Waals surface area contributed by atoms with E-state index in [1.165, 1.54) is 22.9 Å². The summed E-state index contributed by atoms with van der Waals surface area (Å²) in [5, 5.41) is 19.0. The van der Waals surface area contributed by atoms with E-state index in [-0.39, 0.29) is 19.0 Å². The molecule has 1 saturated heterocycles. The number of hydrogen-bond donors (Lipinski definition) is 2. The van der Waals surface area contributed by atoms with Crippen LogP contribution in [0.1, 0.15) is 35.5 Å². The third-order valence-corrected chi connectivity index (χ3v) is 6.61. The average molecular weight is 503 g/mol. The van der Waals surface area contributed by atoms with Crippen LogP contribution in [0.2, 0.25) is 0 Å². The molecule has 0 bridgehead atoms. The molecular formula is C21H21N5O8S. The second-order valence-electron chi connectivity index (χ2n) is 8.15. The molecule has 0 aliphatic carbocycles. The predicted octanol–water partition coefficient (Wildman–Crippen LogP) is 0.230. The molecule has 2 aromatic heterocycles. The number of nitrogens with zero attached hydrogens (tertiary/aromatic N) is 4. The van der Waals surface area contributed by atoms with Crippen LogP contribution in [0.5, 0.6) is 11.5 Å². The minimum atomic E-state index is -3.71. The zero-order valence-corrected chi connectivity index (χ0v) is 19.2. The van der Waals surface area contributed by atoms with E-state index in [0.717, 1.165) is 5.41 Å². The Balaban J connectivity index is 1.28. The van der Waals surface area contributed by atoms with E-state index in [0.29, 0.717) is 29.0 Å². The van der Waals surface area contributed by atoms with Crippen molar-refractivity contribution in [3.8, 4) is 11.5 Å². The maximum Gasteiger partial charge on any atom is 0.332 e. The van der Waals surface area contributed by atoms with Crippen LogP contribution in [-0.2, 0) is 21.5 Å². The van der Waals surface area contributed by atoms with Crippen LogP contribution in [0.25, 0.3) is 6.08 Å². The molecule has 3 atom stereocenters. The normalized spacial score (nSPS) is 22.5. The Labute approximate surface area is 198 Å². The first-order chi connectivity index (χ1) is 16.7. The number of aliphatic hydroxyl groups excluding tert-OH is 1. The number of aromatic nitrogens is 5. The molecule has 1 aromatic carbocycles. The standard InChI is InChI=1S/C21H21N5O8S/c1-12-8-25(21(29)22-20(12)28)19-7-16(18(10-27)33-19)26-9-14(23-24-26)11-32-15-2-3-17-13(6-15)4-5-35(30,31)34-17/h2-6,8-9,16,18-19,27H,7,10-11H2,1H3,(H,22,28,29)/t16-,18-,19-/m1/s1. The van der Waals surface area contributed by atoms with Gasteiger partial charge < -0.3 is 18.8 Å². The van der Waals surface area contributed by atoms with Crippen molar-refractivity contribution < 1.29 is 27.2 Å². The zero-order valence-electron chi connectivity index (χ0n) is 18.4. The van der Waals surface area contributed by atoms with Crippen LogP contribution < -0.4 is 20.2 Å². The topological polar surface area (TPSA) is 168 Å². The van der Waals surface area contributed by atoms with E-state index in [1.54, 1.807) is 29.9 Å². The van der Waals surface area contributed by atoms with Crippen molar-refractivity contribution in [1.82, 2.24) is 24.5 Å². The highest BCUT2D eigenvalue weighted by molar-refractivity contribution is 7.90. The SMILES string of the molecule is Cc1cn([C@H]2C[C@@H](n3cc(COc4ccc5c(c4)C=CS(=O)(=O)O5)nn3)[C@@H](CO)O2)c(=O)[nH]c1=O. The van der Waals surface area contributed by atoms with Crippen molar-refractivity contribution in [2.75, 3.05) is 6.61 Å². The van der Waals surface area contributed by atoms with Gasteiger partial charge in [0.25, 0.3) is 5.56 Å². The smallest absolute Gasteiger partial charge is 0.332 e. The second kappa shape index (κ2) is 8.79. The number of aromatic amines is 1. The monoisotopic (exact) mass is 503 g/mol. The lowest BCUT2D eigenvalue weighted by Crippen LogP contribution is -2.33. The lowest BCUT2D eigenvalue weighted by Gasteiger charge is -2.15. The van der Waals surface area contributed by atoms with Crippen molar-refractivity contribution in [3.63, 3.8) is 0 Å². The first-order valence-corrected chi connectivity index (χ1v) is 12.1. The van der Waals surface area contributed by atoms with Gasteiger partial charge in [-0.15, -0.1) is 5.10 Å². The van der Waals surface area contributed by atoms with Gasteiger partial charge >= 0.3 is 15.8 Å². The van der Waals surface area contributed by atoms with Gasteiger partial charge in [-0.1, -0.05) is 5.21 Å².